The maximum Gasteiger partial charge on any atom is 0.215 e. The summed E-state index contributed by atoms with van der Waals surface area (Å²) in [5.41, 5.74) is 17.0. The van der Waals surface area contributed by atoms with Crippen LogP contribution in [0.3, 0.4) is 0 Å². The molecule has 0 aliphatic heterocycles. The maximum atomic E-state index is 8.67. The first kappa shape index (κ1) is 32.1. The molecule has 1 aromatic heterocycles. The van der Waals surface area contributed by atoms with Gasteiger partial charge in [0.1, 0.15) is 0 Å². The Morgan fingerprint density at radius 3 is 2.12 bits per heavy atom. The van der Waals surface area contributed by atoms with Crippen molar-refractivity contribution in [2.75, 3.05) is 0 Å². The number of nitrogens with zero attached hydrogens (tertiary/aromatic N) is 2. The minimum Gasteiger partial charge on any atom is -0.454 e. The Hall–Kier alpha value is -6.17. The van der Waals surface area contributed by atoms with E-state index in [1.807, 2.05) is 48.5 Å². The average molecular weight is 663 g/mol. The number of nitrogens with one attached hydrogen (secondary N) is 1. The van der Waals surface area contributed by atoms with Crippen LogP contribution in [0.1, 0.15) is 47.7 Å². The van der Waals surface area contributed by atoms with Gasteiger partial charge in [-0.2, -0.15) is 0 Å². The molecule has 0 radical (unpaired) electrons. The molecule has 0 bridgehead atoms. The smallest absolute Gasteiger partial charge is 0.215 e. The van der Waals surface area contributed by atoms with E-state index in [4.69, 9.17) is 25.8 Å². The van der Waals surface area contributed by atoms with Crippen molar-refractivity contribution in [3.63, 3.8) is 0 Å². The third-order valence-electron chi connectivity index (χ3n) is 9.73. The molecule has 0 spiro atoms. The number of nitrogens with two attached hydrogens (primary N) is 1. The van der Waals surface area contributed by atoms with Gasteiger partial charge in [0.2, 0.25) is 5.90 Å². The SMILES string of the molecule is N=C(OC(N)C1=CCC(c2cc(C3=CC=C(c4ccccc4)CC3)nc(-c3ccccc3)n2)C=C1)c1ccc(-c2cccc3ccccc23)cc1. The van der Waals surface area contributed by atoms with E-state index >= 15 is 0 Å². The van der Waals surface area contributed by atoms with Crippen molar-refractivity contribution in [2.24, 2.45) is 5.73 Å². The molecule has 2 unspecified atom stereocenters. The predicted octanol–water partition coefficient (Wildman–Crippen LogP) is 10.5. The Morgan fingerprint density at radius 1 is 0.706 bits per heavy atom. The van der Waals surface area contributed by atoms with Gasteiger partial charge in [0.25, 0.3) is 0 Å². The lowest BCUT2D eigenvalue weighted by Gasteiger charge is -2.22. The molecule has 0 fully saturated rings. The van der Waals surface area contributed by atoms with E-state index < -0.39 is 6.23 Å². The van der Waals surface area contributed by atoms with Crippen LogP contribution in [0.25, 0.3) is 44.4 Å². The highest BCUT2D eigenvalue weighted by molar-refractivity contribution is 5.98. The lowest BCUT2D eigenvalue weighted by atomic mass is 9.89. The van der Waals surface area contributed by atoms with E-state index in [2.05, 4.69) is 115 Å². The van der Waals surface area contributed by atoms with Gasteiger partial charge in [-0.3, -0.25) is 11.1 Å². The van der Waals surface area contributed by atoms with Crippen molar-refractivity contribution in [3.8, 4) is 22.5 Å². The summed E-state index contributed by atoms with van der Waals surface area (Å²) < 4.78 is 5.95. The Balaban J connectivity index is 0.977. The van der Waals surface area contributed by atoms with E-state index in [0.717, 1.165) is 58.7 Å². The number of rotatable bonds is 8. The van der Waals surface area contributed by atoms with Crippen LogP contribution in [-0.2, 0) is 4.74 Å². The standard InChI is InChI=1S/C46H38N4O/c47-44(37-26-20-34(21-27-37)41-17-9-15-33-12-7-8-16-40(33)41)51-45(48)38-28-24-36(25-29-38)43-30-42(49-46(50-43)39-13-5-2-6-14-39)35-22-18-32(19-23-35)31-10-3-1-4-11-31/h1-18,20-22,24,26-30,36,45,47H,19,23,25,48H2. The topological polar surface area (TPSA) is 84.9 Å². The second-order valence-corrected chi connectivity index (χ2v) is 13.0. The van der Waals surface area contributed by atoms with Crippen LogP contribution in [0.5, 0.6) is 0 Å². The van der Waals surface area contributed by atoms with Gasteiger partial charge in [-0.05, 0) is 76.1 Å². The molecule has 5 aromatic carbocycles. The van der Waals surface area contributed by atoms with Crippen LogP contribution in [0, 0.1) is 5.41 Å². The zero-order valence-electron chi connectivity index (χ0n) is 28.2. The van der Waals surface area contributed by atoms with Gasteiger partial charge in [-0.15, -0.1) is 0 Å². The second-order valence-electron chi connectivity index (χ2n) is 13.0. The van der Waals surface area contributed by atoms with Crippen LogP contribution in [0.15, 0.2) is 169 Å². The molecule has 0 amide bonds. The lowest BCUT2D eigenvalue weighted by molar-refractivity contribution is 0.233. The third kappa shape index (κ3) is 6.98. The monoisotopic (exact) mass is 662 g/mol. The fourth-order valence-corrected chi connectivity index (χ4v) is 6.89. The fourth-order valence-electron chi connectivity index (χ4n) is 6.89. The average Bonchev–Trinajstić information content (AvgIpc) is 3.21. The molecule has 2 aliphatic rings. The number of ether oxygens (including phenoxy) is 1. The lowest BCUT2D eigenvalue weighted by Crippen LogP contribution is -2.29. The summed E-state index contributed by atoms with van der Waals surface area (Å²) in [7, 11) is 0. The highest BCUT2D eigenvalue weighted by Crippen LogP contribution is 2.35. The van der Waals surface area contributed by atoms with Crippen molar-refractivity contribution < 1.29 is 4.74 Å². The highest BCUT2D eigenvalue weighted by atomic mass is 16.5. The molecule has 248 valence electrons. The minimum atomic E-state index is -0.758. The molecular formula is C46H38N4O. The van der Waals surface area contributed by atoms with Crippen LogP contribution in [0.4, 0.5) is 0 Å². The summed E-state index contributed by atoms with van der Waals surface area (Å²) in [6.45, 7) is 0. The largest absolute Gasteiger partial charge is 0.454 e. The summed E-state index contributed by atoms with van der Waals surface area (Å²) >= 11 is 0. The van der Waals surface area contributed by atoms with Crippen molar-refractivity contribution in [1.29, 1.82) is 5.41 Å². The summed E-state index contributed by atoms with van der Waals surface area (Å²) in [5.74, 6) is 0.831. The number of allylic oxidation sites excluding steroid dienone is 6. The molecule has 3 N–H and O–H groups in total. The van der Waals surface area contributed by atoms with E-state index in [1.54, 1.807) is 0 Å². The van der Waals surface area contributed by atoms with E-state index in [9.17, 15) is 0 Å². The van der Waals surface area contributed by atoms with E-state index in [-0.39, 0.29) is 11.8 Å². The van der Waals surface area contributed by atoms with Crippen molar-refractivity contribution in [1.82, 2.24) is 9.97 Å². The van der Waals surface area contributed by atoms with Gasteiger partial charge in [-0.1, -0.05) is 146 Å². The first-order chi connectivity index (χ1) is 25.1. The molecule has 0 saturated carbocycles. The molecule has 2 atom stereocenters. The fraction of sp³-hybridized carbons (Fsp3) is 0.109. The van der Waals surface area contributed by atoms with Crippen molar-refractivity contribution >= 4 is 27.8 Å². The number of hydrogen-bond acceptors (Lipinski definition) is 5. The van der Waals surface area contributed by atoms with Gasteiger partial charge in [0, 0.05) is 22.6 Å². The predicted molar refractivity (Wildman–Crippen MR) is 209 cm³/mol. The number of aromatic nitrogens is 2. The first-order valence-corrected chi connectivity index (χ1v) is 17.5. The minimum absolute atomic E-state index is 0.0431. The quantitative estimate of drug-likeness (QED) is 0.0965. The van der Waals surface area contributed by atoms with Crippen LogP contribution in [0.2, 0.25) is 0 Å². The van der Waals surface area contributed by atoms with E-state index in [1.165, 1.54) is 27.5 Å². The van der Waals surface area contributed by atoms with Gasteiger partial charge < -0.3 is 4.74 Å². The van der Waals surface area contributed by atoms with E-state index in [0.29, 0.717) is 5.56 Å². The number of benzene rings is 5. The van der Waals surface area contributed by atoms with Crippen LogP contribution < -0.4 is 5.73 Å². The zero-order valence-corrected chi connectivity index (χ0v) is 28.2. The molecule has 51 heavy (non-hydrogen) atoms. The molecule has 1 heterocycles. The number of fused-ring (bicyclic) bond motifs is 1. The van der Waals surface area contributed by atoms with Crippen LogP contribution >= 0.6 is 0 Å². The second kappa shape index (κ2) is 14.4. The highest BCUT2D eigenvalue weighted by Gasteiger charge is 2.21. The summed E-state index contributed by atoms with van der Waals surface area (Å²) in [4.78, 5) is 10.1. The summed E-state index contributed by atoms with van der Waals surface area (Å²) in [6.07, 6.45) is 12.5. The van der Waals surface area contributed by atoms with Crippen LogP contribution in [-0.4, -0.2) is 22.1 Å². The zero-order chi connectivity index (χ0) is 34.6. The number of hydrogen-bond donors (Lipinski definition) is 2. The Morgan fingerprint density at radius 2 is 1.39 bits per heavy atom. The van der Waals surface area contributed by atoms with Gasteiger partial charge in [0.05, 0.1) is 11.4 Å². The van der Waals surface area contributed by atoms with Gasteiger partial charge >= 0.3 is 0 Å². The third-order valence-corrected chi connectivity index (χ3v) is 9.73. The van der Waals surface area contributed by atoms with Crippen molar-refractivity contribution in [2.45, 2.75) is 31.4 Å². The normalized spacial score (nSPS) is 16.2. The molecule has 2 aliphatic carbocycles. The molecule has 6 aromatic rings. The van der Waals surface area contributed by atoms with Crippen molar-refractivity contribution in [3.05, 3.63) is 192 Å². The first-order valence-electron chi connectivity index (χ1n) is 17.5. The Labute approximate surface area is 298 Å². The molecule has 0 saturated heterocycles. The molecule has 5 heteroatoms. The molecular weight excluding hydrogens is 625 g/mol. The summed E-state index contributed by atoms with van der Waals surface area (Å²) in [5, 5.41) is 11.1. The van der Waals surface area contributed by atoms with Gasteiger partial charge in [0.15, 0.2) is 12.1 Å². The maximum absolute atomic E-state index is 8.67. The summed E-state index contributed by atoms with van der Waals surface area (Å²) in [6, 6.07) is 45.5. The Kier molecular flexibility index (Phi) is 9.03. The Bertz CT molecular complexity index is 2330. The molecule has 5 nitrogen and oxygen atoms in total. The molecule has 8 rings (SSSR count). The van der Waals surface area contributed by atoms with Gasteiger partial charge in [-0.25, -0.2) is 9.97 Å².